The number of carbonyl (C=O) groups excluding carboxylic acids is 1. The SMILES string of the molecule is CC(C)Cn1c(SCC(=O)NC(C2CC2)C2CC2)nc2ccc(Cl)cc2c1=O. The number of fused-ring (bicyclic) bond motifs is 1. The lowest BCUT2D eigenvalue weighted by molar-refractivity contribution is -0.119. The maximum atomic E-state index is 13.0. The highest BCUT2D eigenvalue weighted by Crippen LogP contribution is 2.44. The molecule has 1 N–H and O–H groups in total. The Bertz CT molecular complexity index is 939. The monoisotopic (exact) mass is 419 g/mol. The summed E-state index contributed by atoms with van der Waals surface area (Å²) in [6.45, 7) is 4.68. The number of rotatable bonds is 8. The Labute approximate surface area is 174 Å². The number of halogens is 1. The van der Waals surface area contributed by atoms with E-state index in [1.807, 2.05) is 0 Å². The van der Waals surface area contributed by atoms with Gasteiger partial charge in [0.05, 0.1) is 16.7 Å². The van der Waals surface area contributed by atoms with Crippen LogP contribution in [0.4, 0.5) is 0 Å². The van der Waals surface area contributed by atoms with Crippen molar-refractivity contribution in [3.8, 4) is 0 Å². The largest absolute Gasteiger partial charge is 0.352 e. The van der Waals surface area contributed by atoms with Gasteiger partial charge in [0.1, 0.15) is 0 Å². The van der Waals surface area contributed by atoms with Gasteiger partial charge >= 0.3 is 0 Å². The van der Waals surface area contributed by atoms with Crippen molar-refractivity contribution in [3.05, 3.63) is 33.6 Å². The molecule has 0 atom stereocenters. The van der Waals surface area contributed by atoms with Crippen LogP contribution in [0.1, 0.15) is 39.5 Å². The quantitative estimate of drug-likeness (QED) is 0.516. The summed E-state index contributed by atoms with van der Waals surface area (Å²) in [6.07, 6.45) is 4.93. The molecule has 0 aliphatic heterocycles. The van der Waals surface area contributed by atoms with E-state index in [9.17, 15) is 9.59 Å². The number of aromatic nitrogens is 2. The van der Waals surface area contributed by atoms with Crippen molar-refractivity contribution in [2.45, 2.75) is 57.3 Å². The zero-order chi connectivity index (χ0) is 19.8. The average Bonchev–Trinajstić information content (AvgIpc) is 3.54. The van der Waals surface area contributed by atoms with Crippen LogP contribution in [0, 0.1) is 17.8 Å². The number of benzene rings is 1. The van der Waals surface area contributed by atoms with Gasteiger partial charge in [0.15, 0.2) is 5.16 Å². The Morgan fingerprint density at radius 1 is 1.29 bits per heavy atom. The molecule has 0 radical (unpaired) electrons. The lowest BCUT2D eigenvalue weighted by atomic mass is 10.1. The minimum Gasteiger partial charge on any atom is -0.352 e. The van der Waals surface area contributed by atoms with Gasteiger partial charge in [-0.05, 0) is 61.6 Å². The van der Waals surface area contributed by atoms with E-state index in [1.165, 1.54) is 37.4 Å². The summed E-state index contributed by atoms with van der Waals surface area (Å²) < 4.78 is 1.68. The Hall–Kier alpha value is -1.53. The summed E-state index contributed by atoms with van der Waals surface area (Å²) >= 11 is 7.41. The predicted octanol–water partition coefficient (Wildman–Crippen LogP) is 4.10. The molecular weight excluding hydrogens is 394 g/mol. The Balaban J connectivity index is 1.53. The number of hydrogen-bond acceptors (Lipinski definition) is 4. The molecule has 2 aromatic rings. The van der Waals surface area contributed by atoms with Gasteiger partial charge < -0.3 is 5.32 Å². The normalized spacial score (nSPS) is 16.9. The van der Waals surface area contributed by atoms with E-state index in [-0.39, 0.29) is 17.2 Å². The topological polar surface area (TPSA) is 64.0 Å². The number of nitrogens with zero attached hydrogens (tertiary/aromatic N) is 2. The molecule has 0 bridgehead atoms. The van der Waals surface area contributed by atoms with Gasteiger partial charge in [-0.15, -0.1) is 0 Å². The molecule has 28 heavy (non-hydrogen) atoms. The highest BCUT2D eigenvalue weighted by Gasteiger charge is 2.42. The third-order valence-corrected chi connectivity index (χ3v) is 6.56. The van der Waals surface area contributed by atoms with Crippen LogP contribution in [0.15, 0.2) is 28.2 Å². The van der Waals surface area contributed by atoms with Crippen molar-refractivity contribution >= 4 is 40.2 Å². The molecule has 2 fully saturated rings. The van der Waals surface area contributed by atoms with E-state index in [1.54, 1.807) is 22.8 Å². The Morgan fingerprint density at radius 3 is 2.57 bits per heavy atom. The third kappa shape index (κ3) is 4.54. The Morgan fingerprint density at radius 2 is 1.96 bits per heavy atom. The van der Waals surface area contributed by atoms with Gasteiger partial charge in [0, 0.05) is 17.6 Å². The van der Waals surface area contributed by atoms with Crippen molar-refractivity contribution in [2.75, 3.05) is 5.75 Å². The molecule has 1 aromatic heterocycles. The smallest absolute Gasteiger partial charge is 0.262 e. The first kappa shape index (κ1) is 19.8. The number of nitrogens with one attached hydrogen (secondary N) is 1. The molecule has 2 aliphatic carbocycles. The van der Waals surface area contributed by atoms with Crippen LogP contribution in [-0.2, 0) is 11.3 Å². The van der Waals surface area contributed by atoms with Crippen LogP contribution in [0.5, 0.6) is 0 Å². The fraction of sp³-hybridized carbons (Fsp3) is 0.571. The molecule has 1 heterocycles. The average molecular weight is 420 g/mol. The minimum absolute atomic E-state index is 0.0374. The lowest BCUT2D eigenvalue weighted by Crippen LogP contribution is -2.39. The molecule has 1 aromatic carbocycles. The molecule has 1 amide bonds. The van der Waals surface area contributed by atoms with E-state index in [0.29, 0.717) is 51.4 Å². The first-order chi connectivity index (χ1) is 13.4. The predicted molar refractivity (Wildman–Crippen MR) is 114 cm³/mol. The van der Waals surface area contributed by atoms with Crippen LogP contribution >= 0.6 is 23.4 Å². The van der Waals surface area contributed by atoms with E-state index in [4.69, 9.17) is 11.6 Å². The molecule has 2 aliphatic rings. The van der Waals surface area contributed by atoms with Crippen LogP contribution in [0.2, 0.25) is 5.02 Å². The van der Waals surface area contributed by atoms with E-state index in [0.717, 1.165) is 0 Å². The Kier molecular flexibility index (Phi) is 5.70. The third-order valence-electron chi connectivity index (χ3n) is 5.35. The maximum Gasteiger partial charge on any atom is 0.262 e. The van der Waals surface area contributed by atoms with Gasteiger partial charge in [0.2, 0.25) is 5.91 Å². The van der Waals surface area contributed by atoms with Gasteiger partial charge in [-0.3, -0.25) is 14.2 Å². The van der Waals surface area contributed by atoms with Gasteiger partial charge in [0.25, 0.3) is 5.56 Å². The standard InChI is InChI=1S/C21H26ClN3O2S/c1-12(2)10-25-20(27)16-9-15(22)7-8-17(16)23-21(25)28-11-18(26)24-19(13-3-4-13)14-5-6-14/h7-9,12-14,19H,3-6,10-11H2,1-2H3,(H,24,26). The summed E-state index contributed by atoms with van der Waals surface area (Å²) in [5, 5.41) is 4.87. The van der Waals surface area contributed by atoms with Crippen LogP contribution < -0.4 is 10.9 Å². The molecule has 7 heteroatoms. The zero-order valence-electron chi connectivity index (χ0n) is 16.3. The second-order valence-corrected chi connectivity index (χ2v) is 9.80. The van der Waals surface area contributed by atoms with Crippen molar-refractivity contribution in [1.29, 1.82) is 0 Å². The van der Waals surface area contributed by atoms with Crippen LogP contribution in [0.3, 0.4) is 0 Å². The number of hydrogen-bond donors (Lipinski definition) is 1. The number of carbonyl (C=O) groups is 1. The first-order valence-corrected chi connectivity index (χ1v) is 11.4. The molecule has 5 nitrogen and oxygen atoms in total. The molecule has 4 rings (SSSR count). The van der Waals surface area contributed by atoms with Crippen molar-refractivity contribution in [1.82, 2.24) is 14.9 Å². The van der Waals surface area contributed by atoms with Crippen molar-refractivity contribution in [3.63, 3.8) is 0 Å². The second kappa shape index (κ2) is 8.07. The zero-order valence-corrected chi connectivity index (χ0v) is 17.9. The van der Waals surface area contributed by atoms with Gasteiger partial charge in [-0.25, -0.2) is 4.98 Å². The van der Waals surface area contributed by atoms with Gasteiger partial charge in [-0.1, -0.05) is 37.2 Å². The molecule has 0 unspecified atom stereocenters. The van der Waals surface area contributed by atoms with E-state index in [2.05, 4.69) is 24.1 Å². The molecule has 150 valence electrons. The van der Waals surface area contributed by atoms with E-state index < -0.39 is 0 Å². The number of amides is 1. The molecule has 0 saturated heterocycles. The van der Waals surface area contributed by atoms with Crippen LogP contribution in [-0.4, -0.2) is 27.3 Å². The second-order valence-electron chi connectivity index (χ2n) is 8.42. The fourth-order valence-electron chi connectivity index (χ4n) is 3.70. The summed E-state index contributed by atoms with van der Waals surface area (Å²) in [4.78, 5) is 30.2. The highest BCUT2D eigenvalue weighted by molar-refractivity contribution is 7.99. The maximum absolute atomic E-state index is 13.0. The molecule has 2 saturated carbocycles. The summed E-state index contributed by atoms with van der Waals surface area (Å²) in [5.41, 5.74) is 0.518. The summed E-state index contributed by atoms with van der Waals surface area (Å²) in [6, 6.07) is 5.51. The fourth-order valence-corrected chi connectivity index (χ4v) is 4.69. The van der Waals surface area contributed by atoms with Gasteiger partial charge in [-0.2, -0.15) is 0 Å². The van der Waals surface area contributed by atoms with Crippen LogP contribution in [0.25, 0.3) is 10.9 Å². The van der Waals surface area contributed by atoms with Crippen molar-refractivity contribution in [2.24, 2.45) is 17.8 Å². The van der Waals surface area contributed by atoms with E-state index >= 15 is 0 Å². The first-order valence-electron chi connectivity index (χ1n) is 10.0. The highest BCUT2D eigenvalue weighted by atomic mass is 35.5. The minimum atomic E-state index is -0.0991. The molecule has 0 spiro atoms. The lowest BCUT2D eigenvalue weighted by Gasteiger charge is -2.18. The van der Waals surface area contributed by atoms with Crippen molar-refractivity contribution < 1.29 is 4.79 Å². The summed E-state index contributed by atoms with van der Waals surface area (Å²) in [7, 11) is 0. The molecular formula is C21H26ClN3O2S. The number of thioether (sulfide) groups is 1. The summed E-state index contributed by atoms with van der Waals surface area (Å²) in [5.74, 6) is 1.95.